The summed E-state index contributed by atoms with van der Waals surface area (Å²) in [4.78, 5) is 0. The average Bonchev–Trinajstić information content (AvgIpc) is 2.40. The molecular formula is C16H26ClNO2. The minimum Gasteiger partial charge on any atom is -0.496 e. The van der Waals surface area contributed by atoms with E-state index in [1.807, 2.05) is 26.8 Å². The van der Waals surface area contributed by atoms with Crippen LogP contribution in [0.25, 0.3) is 0 Å². The highest BCUT2D eigenvalue weighted by atomic mass is 35.5. The Balaban J connectivity index is 3.11. The van der Waals surface area contributed by atoms with Crippen LogP contribution in [0, 0.1) is 13.8 Å². The Morgan fingerprint density at radius 1 is 1.40 bits per heavy atom. The minimum atomic E-state index is -0.515. The highest BCUT2D eigenvalue weighted by Crippen LogP contribution is 2.38. The van der Waals surface area contributed by atoms with Crippen LogP contribution in [0.15, 0.2) is 6.07 Å². The first-order valence-corrected chi connectivity index (χ1v) is 7.48. The van der Waals surface area contributed by atoms with E-state index >= 15 is 0 Å². The highest BCUT2D eigenvalue weighted by Gasteiger charge is 2.23. The summed E-state index contributed by atoms with van der Waals surface area (Å²) in [5, 5.41) is 10.9. The lowest BCUT2D eigenvalue weighted by Crippen LogP contribution is -2.34. The van der Waals surface area contributed by atoms with E-state index in [1.54, 1.807) is 7.11 Å². The third-order valence-corrected chi connectivity index (χ3v) is 4.36. The number of hydrogen-bond donors (Lipinski definition) is 2. The molecule has 0 aliphatic rings. The molecule has 3 atom stereocenters. The van der Waals surface area contributed by atoms with Crippen molar-refractivity contribution >= 4 is 11.6 Å². The van der Waals surface area contributed by atoms with E-state index in [9.17, 15) is 5.11 Å². The topological polar surface area (TPSA) is 55.5 Å². The van der Waals surface area contributed by atoms with Crippen LogP contribution >= 0.6 is 11.6 Å². The number of halogens is 1. The molecule has 3 nitrogen and oxygen atoms in total. The van der Waals surface area contributed by atoms with E-state index in [4.69, 9.17) is 22.1 Å². The van der Waals surface area contributed by atoms with Gasteiger partial charge in [0.25, 0.3) is 0 Å². The second-order valence-corrected chi connectivity index (χ2v) is 5.93. The molecule has 0 saturated heterocycles. The zero-order chi connectivity index (χ0) is 15.4. The Bertz CT molecular complexity index is 462. The summed E-state index contributed by atoms with van der Waals surface area (Å²) in [6, 6.07) is 1.73. The van der Waals surface area contributed by atoms with Crippen LogP contribution in [-0.4, -0.2) is 24.4 Å². The molecule has 0 bridgehead atoms. The van der Waals surface area contributed by atoms with Crippen molar-refractivity contribution < 1.29 is 9.84 Å². The molecule has 0 fully saturated rings. The molecule has 4 heteroatoms. The molecule has 1 rings (SSSR count). The summed E-state index contributed by atoms with van der Waals surface area (Å²) in [5.74, 6) is 0.992. The zero-order valence-electron chi connectivity index (χ0n) is 13.0. The molecule has 0 aromatic heterocycles. The van der Waals surface area contributed by atoms with Gasteiger partial charge >= 0.3 is 0 Å². The molecule has 1 aromatic carbocycles. The van der Waals surface area contributed by atoms with Gasteiger partial charge in [-0.05, 0) is 49.8 Å². The summed E-state index contributed by atoms with van der Waals surface area (Å²) in [6.45, 7) is 8.02. The van der Waals surface area contributed by atoms with Crippen molar-refractivity contribution in [3.05, 3.63) is 27.8 Å². The fourth-order valence-electron chi connectivity index (χ4n) is 2.67. The number of ether oxygens (including phenoxy) is 1. The van der Waals surface area contributed by atoms with Crippen LogP contribution in [0.5, 0.6) is 5.75 Å². The average molecular weight is 300 g/mol. The van der Waals surface area contributed by atoms with Gasteiger partial charge in [-0.2, -0.15) is 0 Å². The van der Waals surface area contributed by atoms with E-state index in [0.29, 0.717) is 6.42 Å². The molecule has 0 radical (unpaired) electrons. The van der Waals surface area contributed by atoms with Gasteiger partial charge in [0.1, 0.15) is 5.75 Å². The van der Waals surface area contributed by atoms with Crippen molar-refractivity contribution in [1.82, 2.24) is 0 Å². The number of methoxy groups -OCH3 is 1. The maximum absolute atomic E-state index is 10.1. The van der Waals surface area contributed by atoms with Crippen molar-refractivity contribution in [2.24, 2.45) is 5.73 Å². The normalized spacial score (nSPS) is 15.8. The number of hydrogen-bond acceptors (Lipinski definition) is 3. The maximum atomic E-state index is 10.1. The Kier molecular flexibility index (Phi) is 6.31. The first-order valence-electron chi connectivity index (χ1n) is 7.10. The zero-order valence-corrected chi connectivity index (χ0v) is 13.8. The summed E-state index contributed by atoms with van der Waals surface area (Å²) in [5.41, 5.74) is 9.00. The van der Waals surface area contributed by atoms with Gasteiger partial charge in [-0.15, -0.1) is 0 Å². The fourth-order valence-corrected chi connectivity index (χ4v) is 2.93. The van der Waals surface area contributed by atoms with Crippen molar-refractivity contribution in [2.45, 2.75) is 58.6 Å². The fraction of sp³-hybridized carbons (Fsp3) is 0.625. The quantitative estimate of drug-likeness (QED) is 0.844. The van der Waals surface area contributed by atoms with E-state index < -0.39 is 6.10 Å². The van der Waals surface area contributed by atoms with Crippen LogP contribution in [0.2, 0.25) is 5.02 Å². The van der Waals surface area contributed by atoms with Gasteiger partial charge in [0, 0.05) is 16.6 Å². The second-order valence-electron chi connectivity index (χ2n) is 5.52. The lowest BCUT2D eigenvalue weighted by molar-refractivity contribution is 0.126. The summed E-state index contributed by atoms with van der Waals surface area (Å²) < 4.78 is 5.53. The third-order valence-electron chi connectivity index (χ3n) is 3.97. The Hall–Kier alpha value is -0.770. The molecule has 0 saturated carbocycles. The molecule has 0 heterocycles. The number of rotatable bonds is 6. The smallest absolute Gasteiger partial charge is 0.125 e. The summed E-state index contributed by atoms with van der Waals surface area (Å²) in [7, 11) is 1.67. The Labute approximate surface area is 127 Å². The molecule has 0 spiro atoms. The van der Waals surface area contributed by atoms with E-state index in [-0.39, 0.29) is 12.0 Å². The standard InChI is InChI=1S/C16H26ClNO2/c1-6-13(18)14(19)8-9(2)15-11(4)12(17)7-10(3)16(15)20-5/h7,9,13-14,19H,6,8,18H2,1-5H3. The Morgan fingerprint density at radius 2 is 2.00 bits per heavy atom. The maximum Gasteiger partial charge on any atom is 0.125 e. The molecular weight excluding hydrogens is 274 g/mol. The number of aryl methyl sites for hydroxylation is 1. The molecule has 3 N–H and O–H groups in total. The predicted octanol–water partition coefficient (Wildman–Crippen LogP) is 3.56. The third kappa shape index (κ3) is 3.66. The molecule has 114 valence electrons. The van der Waals surface area contributed by atoms with E-state index in [2.05, 4.69) is 6.92 Å². The SMILES string of the molecule is CCC(N)C(O)CC(C)c1c(C)c(Cl)cc(C)c1OC. The van der Waals surface area contributed by atoms with E-state index in [1.165, 1.54) is 0 Å². The molecule has 1 aromatic rings. The number of benzene rings is 1. The van der Waals surface area contributed by atoms with Crippen LogP contribution in [0.4, 0.5) is 0 Å². The van der Waals surface area contributed by atoms with Gasteiger partial charge in [0.05, 0.1) is 13.2 Å². The van der Waals surface area contributed by atoms with Gasteiger partial charge < -0.3 is 15.6 Å². The number of nitrogens with two attached hydrogens (primary N) is 1. The largest absolute Gasteiger partial charge is 0.496 e. The van der Waals surface area contributed by atoms with Crippen LogP contribution in [-0.2, 0) is 0 Å². The lowest BCUT2D eigenvalue weighted by atomic mass is 9.87. The van der Waals surface area contributed by atoms with Crippen LogP contribution in [0.3, 0.4) is 0 Å². The number of aliphatic hydroxyl groups excluding tert-OH is 1. The predicted molar refractivity (Wildman–Crippen MR) is 84.8 cm³/mol. The Morgan fingerprint density at radius 3 is 2.50 bits per heavy atom. The van der Waals surface area contributed by atoms with Gasteiger partial charge in [0.15, 0.2) is 0 Å². The molecule has 0 aliphatic heterocycles. The van der Waals surface area contributed by atoms with Gasteiger partial charge in [-0.1, -0.05) is 25.4 Å². The summed E-state index contributed by atoms with van der Waals surface area (Å²) >= 11 is 6.28. The van der Waals surface area contributed by atoms with Crippen LogP contribution in [0.1, 0.15) is 49.3 Å². The van der Waals surface area contributed by atoms with Gasteiger partial charge in [-0.3, -0.25) is 0 Å². The first-order chi connectivity index (χ1) is 9.33. The van der Waals surface area contributed by atoms with Gasteiger partial charge in [0.2, 0.25) is 0 Å². The second kappa shape index (κ2) is 7.30. The molecule has 0 aliphatic carbocycles. The molecule has 3 unspecified atom stereocenters. The lowest BCUT2D eigenvalue weighted by Gasteiger charge is -2.25. The van der Waals surface area contributed by atoms with Gasteiger partial charge in [-0.25, -0.2) is 0 Å². The highest BCUT2D eigenvalue weighted by molar-refractivity contribution is 6.31. The monoisotopic (exact) mass is 299 g/mol. The van der Waals surface area contributed by atoms with E-state index in [0.717, 1.165) is 33.9 Å². The number of aliphatic hydroxyl groups is 1. The first kappa shape index (κ1) is 17.3. The molecule has 20 heavy (non-hydrogen) atoms. The molecule has 0 amide bonds. The van der Waals surface area contributed by atoms with Crippen molar-refractivity contribution in [1.29, 1.82) is 0 Å². The van der Waals surface area contributed by atoms with Crippen LogP contribution < -0.4 is 10.5 Å². The van der Waals surface area contributed by atoms with Crippen molar-refractivity contribution in [2.75, 3.05) is 7.11 Å². The summed E-state index contributed by atoms with van der Waals surface area (Å²) in [6.07, 6.45) is 0.850. The van der Waals surface area contributed by atoms with Crippen molar-refractivity contribution in [3.8, 4) is 5.75 Å². The van der Waals surface area contributed by atoms with Crippen molar-refractivity contribution in [3.63, 3.8) is 0 Å². The minimum absolute atomic E-state index is 0.134.